The molecule has 0 bridgehead atoms. The predicted octanol–water partition coefficient (Wildman–Crippen LogP) is 12.2. The molecule has 8 rings (SSSR count). The van der Waals surface area contributed by atoms with Gasteiger partial charge >= 0.3 is 0 Å². The Morgan fingerprint density at radius 3 is 2.08 bits per heavy atom. The minimum absolute atomic E-state index is 0.375. The number of pyridine rings is 1. The highest BCUT2D eigenvalue weighted by atomic mass is 16.5. The highest BCUT2D eigenvalue weighted by Crippen LogP contribution is 2.45. The Labute approximate surface area is 295 Å². The minimum Gasteiger partial charge on any atom is -0.457 e. The number of fused-ring (bicyclic) bond motifs is 3. The van der Waals surface area contributed by atoms with Crippen LogP contribution in [0.15, 0.2) is 116 Å². The topological polar surface area (TPSA) is 44.9 Å². The van der Waals surface area contributed by atoms with Crippen LogP contribution in [0.25, 0.3) is 44.7 Å². The fraction of sp³-hybridized carbons (Fsp3) is 0.289. The summed E-state index contributed by atoms with van der Waals surface area (Å²) in [6, 6.07) is 34.2. The average molecular weight is 659 g/mol. The summed E-state index contributed by atoms with van der Waals surface area (Å²) in [6.07, 6.45) is 8.44. The summed E-state index contributed by atoms with van der Waals surface area (Å²) in [5, 5.41) is 2.36. The van der Waals surface area contributed by atoms with E-state index in [1.165, 1.54) is 46.0 Å². The van der Waals surface area contributed by atoms with E-state index in [0.717, 1.165) is 51.6 Å². The molecule has 1 aliphatic carbocycles. The van der Waals surface area contributed by atoms with E-state index in [1.54, 1.807) is 0 Å². The zero-order valence-corrected chi connectivity index (χ0v) is 30.0. The maximum atomic E-state index is 6.60. The number of hydrogen-bond acceptors (Lipinski definition) is 3. The van der Waals surface area contributed by atoms with Gasteiger partial charge in [0.15, 0.2) is 0 Å². The van der Waals surface area contributed by atoms with Crippen molar-refractivity contribution in [1.29, 1.82) is 0 Å². The number of ether oxygens (including phenoxy) is 1. The average Bonchev–Trinajstić information content (AvgIpc) is 3.83. The fourth-order valence-corrected chi connectivity index (χ4v) is 8.11. The van der Waals surface area contributed by atoms with Crippen molar-refractivity contribution in [2.45, 2.75) is 72.1 Å². The summed E-state index contributed by atoms with van der Waals surface area (Å²) in [6.45, 7) is 14.1. The van der Waals surface area contributed by atoms with E-state index >= 15 is 0 Å². The van der Waals surface area contributed by atoms with Crippen molar-refractivity contribution in [3.05, 3.63) is 132 Å². The first-order valence-corrected chi connectivity index (χ1v) is 18.2. The van der Waals surface area contributed by atoms with Gasteiger partial charge in [0.25, 0.3) is 0 Å². The van der Waals surface area contributed by atoms with Gasteiger partial charge < -0.3 is 4.74 Å². The van der Waals surface area contributed by atoms with Crippen molar-refractivity contribution >= 4 is 21.8 Å². The maximum Gasteiger partial charge on any atom is 0.144 e. The summed E-state index contributed by atoms with van der Waals surface area (Å²) < 4.78 is 11.1. The third-order valence-electron chi connectivity index (χ3n) is 10.9. The second kappa shape index (κ2) is 12.9. The molecule has 2 atom stereocenters. The van der Waals surface area contributed by atoms with Crippen LogP contribution in [0.1, 0.15) is 88.8 Å². The van der Waals surface area contributed by atoms with E-state index in [-0.39, 0.29) is 0 Å². The zero-order chi connectivity index (χ0) is 34.5. The first kappa shape index (κ1) is 32.1. The molecule has 2 unspecified atom stereocenters. The SMILES string of the molecule is CC(C)c1cc(C2CC(C)C(C)C2)cc(C(C)C)c1-n1ccnc1-c1cccc(Oc2ccc3c4ccccc4n(-c4ccccn4)c3c2)c1. The van der Waals surface area contributed by atoms with Gasteiger partial charge in [-0.05, 0) is 102 Å². The summed E-state index contributed by atoms with van der Waals surface area (Å²) in [7, 11) is 0. The Morgan fingerprint density at radius 2 is 1.36 bits per heavy atom. The second-order valence-corrected chi connectivity index (χ2v) is 15.0. The van der Waals surface area contributed by atoms with Crippen LogP contribution >= 0.6 is 0 Å². The Bertz CT molecular complexity index is 2270. The zero-order valence-electron chi connectivity index (χ0n) is 30.0. The minimum atomic E-state index is 0.375. The van der Waals surface area contributed by atoms with Crippen LogP contribution in [0.5, 0.6) is 11.5 Å². The lowest BCUT2D eigenvalue weighted by Crippen LogP contribution is -2.10. The molecule has 0 aliphatic heterocycles. The lowest BCUT2D eigenvalue weighted by atomic mass is 9.85. The highest BCUT2D eigenvalue weighted by molar-refractivity contribution is 6.09. The van der Waals surface area contributed by atoms with Gasteiger partial charge in [0.2, 0.25) is 0 Å². The summed E-state index contributed by atoms with van der Waals surface area (Å²) in [5.41, 5.74) is 8.75. The van der Waals surface area contributed by atoms with Crippen molar-refractivity contribution in [3.63, 3.8) is 0 Å². The molecule has 0 saturated heterocycles. The molecule has 5 nitrogen and oxygen atoms in total. The number of aromatic nitrogens is 4. The summed E-state index contributed by atoms with van der Waals surface area (Å²) >= 11 is 0. The number of imidazole rings is 1. The number of benzene rings is 4. The first-order valence-electron chi connectivity index (χ1n) is 18.2. The van der Waals surface area contributed by atoms with Gasteiger partial charge in [0.1, 0.15) is 23.1 Å². The Hall–Kier alpha value is -5.16. The molecule has 1 aliphatic rings. The van der Waals surface area contributed by atoms with Crippen molar-refractivity contribution in [1.82, 2.24) is 19.1 Å². The normalized spacial score (nSPS) is 17.8. The van der Waals surface area contributed by atoms with Crippen LogP contribution in [-0.2, 0) is 0 Å². The summed E-state index contributed by atoms with van der Waals surface area (Å²) in [5.74, 6) is 6.26. The molecule has 3 aromatic heterocycles. The molecule has 3 heterocycles. The molecular weight excluding hydrogens is 613 g/mol. The van der Waals surface area contributed by atoms with Gasteiger partial charge in [0, 0.05) is 41.0 Å². The number of nitrogens with zero attached hydrogens (tertiary/aromatic N) is 4. The van der Waals surface area contributed by atoms with Crippen LogP contribution in [0.4, 0.5) is 0 Å². The van der Waals surface area contributed by atoms with Crippen molar-refractivity contribution < 1.29 is 4.74 Å². The summed E-state index contributed by atoms with van der Waals surface area (Å²) in [4.78, 5) is 9.62. The Morgan fingerprint density at radius 1 is 0.660 bits per heavy atom. The van der Waals surface area contributed by atoms with Gasteiger partial charge in [-0.3, -0.25) is 9.13 Å². The Balaban J connectivity index is 1.17. The largest absolute Gasteiger partial charge is 0.457 e. The van der Waals surface area contributed by atoms with Crippen LogP contribution in [0.3, 0.4) is 0 Å². The molecule has 1 fully saturated rings. The first-order chi connectivity index (χ1) is 24.3. The van der Waals surface area contributed by atoms with Crippen molar-refractivity contribution in [2.75, 3.05) is 0 Å². The lowest BCUT2D eigenvalue weighted by molar-refractivity contribution is 0.457. The highest BCUT2D eigenvalue weighted by Gasteiger charge is 2.31. The standard InChI is InChI=1S/C45H46N4O/c1-28(2)39-25-34(33-22-30(5)31(6)23-33)26-40(29(3)4)44(39)48-21-20-47-45(48)32-12-11-13-35(24-32)50-36-17-18-38-37-14-7-8-15-41(37)49(42(38)27-36)43-16-9-10-19-46-43/h7-21,24-31,33H,22-23H2,1-6H3. The van der Waals surface area contributed by atoms with Crippen LogP contribution in [-0.4, -0.2) is 19.1 Å². The lowest BCUT2D eigenvalue weighted by Gasteiger charge is -2.25. The molecule has 5 heteroatoms. The fourth-order valence-electron chi connectivity index (χ4n) is 8.11. The molecule has 0 amide bonds. The van der Waals surface area contributed by atoms with Crippen LogP contribution in [0.2, 0.25) is 0 Å². The number of hydrogen-bond donors (Lipinski definition) is 0. The van der Waals surface area contributed by atoms with Crippen LogP contribution in [0, 0.1) is 11.8 Å². The molecule has 252 valence electrons. The molecule has 50 heavy (non-hydrogen) atoms. The molecular formula is C45H46N4O. The van der Waals surface area contributed by atoms with E-state index in [9.17, 15) is 0 Å². The van der Waals surface area contributed by atoms with E-state index in [1.807, 2.05) is 36.7 Å². The van der Waals surface area contributed by atoms with E-state index in [2.05, 4.69) is 135 Å². The van der Waals surface area contributed by atoms with Gasteiger partial charge in [-0.15, -0.1) is 0 Å². The monoisotopic (exact) mass is 658 g/mol. The smallest absolute Gasteiger partial charge is 0.144 e. The maximum absolute atomic E-state index is 6.60. The van der Waals surface area contributed by atoms with E-state index in [0.29, 0.717) is 17.8 Å². The van der Waals surface area contributed by atoms with Crippen molar-refractivity contribution in [2.24, 2.45) is 11.8 Å². The third kappa shape index (κ3) is 5.69. The molecule has 7 aromatic rings. The number of para-hydroxylation sites is 1. The second-order valence-electron chi connectivity index (χ2n) is 15.0. The Kier molecular flexibility index (Phi) is 8.30. The predicted molar refractivity (Wildman–Crippen MR) is 206 cm³/mol. The van der Waals surface area contributed by atoms with E-state index < -0.39 is 0 Å². The molecule has 0 N–H and O–H groups in total. The van der Waals surface area contributed by atoms with E-state index in [4.69, 9.17) is 9.72 Å². The quantitative estimate of drug-likeness (QED) is 0.163. The molecule has 1 saturated carbocycles. The molecule has 0 spiro atoms. The van der Waals surface area contributed by atoms with Gasteiger partial charge in [-0.25, -0.2) is 9.97 Å². The van der Waals surface area contributed by atoms with Gasteiger partial charge in [0.05, 0.1) is 16.7 Å². The van der Waals surface area contributed by atoms with Gasteiger partial charge in [-0.1, -0.05) is 90.1 Å². The number of rotatable bonds is 8. The molecule has 0 radical (unpaired) electrons. The van der Waals surface area contributed by atoms with Crippen molar-refractivity contribution in [3.8, 4) is 34.4 Å². The van der Waals surface area contributed by atoms with Crippen LogP contribution < -0.4 is 4.74 Å². The van der Waals surface area contributed by atoms with Gasteiger partial charge in [-0.2, -0.15) is 0 Å². The third-order valence-corrected chi connectivity index (χ3v) is 10.9. The molecule has 4 aromatic carbocycles.